The first-order chi connectivity index (χ1) is 7.22. The van der Waals surface area contributed by atoms with Gasteiger partial charge in [-0.1, -0.05) is 19.4 Å². The Bertz CT molecular complexity index is 328. The van der Waals surface area contributed by atoms with Crippen LogP contribution in [0.3, 0.4) is 0 Å². The van der Waals surface area contributed by atoms with Gasteiger partial charge in [-0.25, -0.2) is 4.79 Å². The highest BCUT2D eigenvalue weighted by atomic mass is 125. The number of halogens is 1. The molecule has 3 nitrogen and oxygen atoms in total. The highest BCUT2D eigenvalue weighted by molar-refractivity contribution is 14.1. The molecule has 0 saturated carbocycles. The van der Waals surface area contributed by atoms with Gasteiger partial charge in [-0.05, 0) is 47.2 Å². The lowest BCUT2D eigenvalue weighted by atomic mass is 10.3. The van der Waals surface area contributed by atoms with E-state index < -0.39 is 0 Å². The maximum atomic E-state index is 11.4. The molecular weight excluding hydrogens is 301 g/mol. The van der Waals surface area contributed by atoms with Crippen molar-refractivity contribution >= 4 is 34.3 Å². The Labute approximate surface area is 104 Å². The van der Waals surface area contributed by atoms with Crippen molar-refractivity contribution in [1.82, 2.24) is 5.32 Å². The minimum Gasteiger partial charge on any atom is -0.338 e. The van der Waals surface area contributed by atoms with Crippen LogP contribution in [0.5, 0.6) is 0 Å². The summed E-state index contributed by atoms with van der Waals surface area (Å²) >= 11 is 2.22. The summed E-state index contributed by atoms with van der Waals surface area (Å²) in [6.07, 6.45) is 2.10. The molecule has 0 saturated heterocycles. The van der Waals surface area contributed by atoms with Crippen molar-refractivity contribution in [2.24, 2.45) is 0 Å². The van der Waals surface area contributed by atoms with Crippen LogP contribution in [-0.4, -0.2) is 12.6 Å². The first-order valence-electron chi connectivity index (χ1n) is 5.03. The lowest BCUT2D eigenvalue weighted by Crippen LogP contribution is -2.29. The second-order valence-corrected chi connectivity index (χ2v) is 4.49. The van der Waals surface area contributed by atoms with Gasteiger partial charge in [0.05, 0.1) is 0 Å². The third-order valence-corrected chi connectivity index (χ3v) is 2.57. The van der Waals surface area contributed by atoms with Crippen molar-refractivity contribution < 1.29 is 4.79 Å². The maximum Gasteiger partial charge on any atom is 0.319 e. The van der Waals surface area contributed by atoms with Crippen molar-refractivity contribution in [3.05, 3.63) is 27.8 Å². The van der Waals surface area contributed by atoms with Gasteiger partial charge in [0.1, 0.15) is 0 Å². The quantitative estimate of drug-likeness (QED) is 0.650. The van der Waals surface area contributed by atoms with Crippen molar-refractivity contribution in [2.45, 2.75) is 19.8 Å². The molecule has 0 atom stereocenters. The van der Waals surface area contributed by atoms with E-state index in [4.69, 9.17) is 0 Å². The minimum absolute atomic E-state index is 0.134. The molecule has 0 fully saturated rings. The number of nitrogens with one attached hydrogen (secondary N) is 2. The summed E-state index contributed by atoms with van der Waals surface area (Å²) in [5, 5.41) is 5.59. The molecule has 2 N–H and O–H groups in total. The molecule has 0 aromatic heterocycles. The predicted molar refractivity (Wildman–Crippen MR) is 71.1 cm³/mol. The van der Waals surface area contributed by atoms with E-state index in [9.17, 15) is 4.79 Å². The number of amides is 2. The smallest absolute Gasteiger partial charge is 0.319 e. The molecule has 0 aliphatic carbocycles. The zero-order valence-corrected chi connectivity index (χ0v) is 10.9. The van der Waals surface area contributed by atoms with Crippen LogP contribution in [0.1, 0.15) is 19.8 Å². The molecule has 0 unspecified atom stereocenters. The summed E-state index contributed by atoms with van der Waals surface area (Å²) in [7, 11) is 0. The fourth-order valence-corrected chi connectivity index (χ4v) is 1.66. The molecular formula is C11H15IN2O. The Morgan fingerprint density at radius 2 is 2.27 bits per heavy atom. The Kier molecular flexibility index (Phi) is 5.45. The number of urea groups is 1. The lowest BCUT2D eigenvalue weighted by Gasteiger charge is -2.06. The minimum atomic E-state index is -0.134. The van der Waals surface area contributed by atoms with E-state index >= 15 is 0 Å². The molecule has 0 heterocycles. The van der Waals surface area contributed by atoms with Gasteiger partial charge in [0.2, 0.25) is 0 Å². The molecule has 15 heavy (non-hydrogen) atoms. The summed E-state index contributed by atoms with van der Waals surface area (Å²) in [5.74, 6) is 0. The zero-order valence-electron chi connectivity index (χ0n) is 8.72. The van der Waals surface area contributed by atoms with Crippen LogP contribution in [-0.2, 0) is 0 Å². The van der Waals surface area contributed by atoms with Crippen molar-refractivity contribution in [3.8, 4) is 0 Å². The first kappa shape index (κ1) is 12.3. The highest BCUT2D eigenvalue weighted by Crippen LogP contribution is 2.11. The summed E-state index contributed by atoms with van der Waals surface area (Å²) in [6.45, 7) is 2.82. The largest absolute Gasteiger partial charge is 0.338 e. The highest BCUT2D eigenvalue weighted by Gasteiger charge is 2.00. The van der Waals surface area contributed by atoms with Gasteiger partial charge in [0.25, 0.3) is 0 Å². The molecule has 1 aromatic carbocycles. The van der Waals surface area contributed by atoms with E-state index in [2.05, 4.69) is 40.1 Å². The van der Waals surface area contributed by atoms with Crippen LogP contribution < -0.4 is 10.6 Å². The average molecular weight is 316 g/mol. The molecule has 4 heteroatoms. The van der Waals surface area contributed by atoms with Gasteiger partial charge in [-0.15, -0.1) is 0 Å². The van der Waals surface area contributed by atoms with E-state index in [0.29, 0.717) is 0 Å². The SMILES string of the molecule is CCCCNC(=O)Nc1cccc([125I])c1. The van der Waals surface area contributed by atoms with Gasteiger partial charge in [-0.3, -0.25) is 0 Å². The summed E-state index contributed by atoms with van der Waals surface area (Å²) in [4.78, 5) is 11.4. The van der Waals surface area contributed by atoms with Crippen LogP contribution in [0.15, 0.2) is 24.3 Å². The Hall–Kier alpha value is -0.780. The number of unbranched alkanes of at least 4 members (excludes halogenated alkanes) is 1. The normalized spacial score (nSPS) is 9.73. The standard InChI is InChI=1S/C11H15IN2O/c1-2-3-7-13-11(15)14-10-6-4-5-9(12)8-10/h4-6,8H,2-3,7H2,1H3,(H2,13,14,15)/i12-2. The molecule has 0 aliphatic rings. The van der Waals surface area contributed by atoms with Crippen molar-refractivity contribution in [3.63, 3.8) is 0 Å². The maximum absolute atomic E-state index is 11.4. The Balaban J connectivity index is 2.37. The number of carbonyl (C=O) groups excluding carboxylic acids is 1. The van der Waals surface area contributed by atoms with E-state index in [-0.39, 0.29) is 6.03 Å². The van der Waals surface area contributed by atoms with Gasteiger partial charge < -0.3 is 10.6 Å². The molecule has 1 aromatic rings. The molecule has 0 radical (unpaired) electrons. The third kappa shape index (κ3) is 5.01. The number of hydrogen-bond acceptors (Lipinski definition) is 1. The molecule has 2 amide bonds. The van der Waals surface area contributed by atoms with E-state index in [1.165, 1.54) is 0 Å². The number of hydrogen-bond donors (Lipinski definition) is 2. The van der Waals surface area contributed by atoms with Crippen LogP contribution >= 0.6 is 22.6 Å². The Morgan fingerprint density at radius 3 is 2.93 bits per heavy atom. The van der Waals surface area contributed by atoms with E-state index in [0.717, 1.165) is 28.6 Å². The molecule has 82 valence electrons. The van der Waals surface area contributed by atoms with Gasteiger partial charge in [0.15, 0.2) is 0 Å². The second kappa shape index (κ2) is 6.66. The van der Waals surface area contributed by atoms with Crippen LogP contribution in [0.4, 0.5) is 10.5 Å². The predicted octanol–water partition coefficient (Wildman–Crippen LogP) is 3.21. The number of rotatable bonds is 4. The molecule has 0 spiro atoms. The lowest BCUT2D eigenvalue weighted by molar-refractivity contribution is 0.252. The van der Waals surface area contributed by atoms with Gasteiger partial charge in [0, 0.05) is 15.8 Å². The van der Waals surface area contributed by atoms with E-state index in [1.807, 2.05) is 24.3 Å². The number of benzene rings is 1. The van der Waals surface area contributed by atoms with E-state index in [1.54, 1.807) is 0 Å². The molecule has 1 rings (SSSR count). The number of carbonyl (C=O) groups is 1. The van der Waals surface area contributed by atoms with Crippen LogP contribution in [0.2, 0.25) is 0 Å². The van der Waals surface area contributed by atoms with Crippen molar-refractivity contribution in [2.75, 3.05) is 11.9 Å². The summed E-state index contributed by atoms with van der Waals surface area (Å²) in [5.41, 5.74) is 0.830. The fourth-order valence-electron chi connectivity index (χ4n) is 1.12. The zero-order chi connectivity index (χ0) is 11.1. The third-order valence-electron chi connectivity index (χ3n) is 1.90. The fraction of sp³-hybridized carbons (Fsp3) is 0.364. The molecule has 0 bridgehead atoms. The summed E-state index contributed by atoms with van der Waals surface area (Å²) in [6, 6.07) is 7.58. The van der Waals surface area contributed by atoms with Crippen molar-refractivity contribution in [1.29, 1.82) is 0 Å². The Morgan fingerprint density at radius 1 is 1.47 bits per heavy atom. The monoisotopic (exact) mass is 316 g/mol. The van der Waals surface area contributed by atoms with Gasteiger partial charge in [-0.2, -0.15) is 0 Å². The van der Waals surface area contributed by atoms with Crippen LogP contribution in [0, 0.1) is 3.57 Å². The first-order valence-corrected chi connectivity index (χ1v) is 6.10. The average Bonchev–Trinajstić information content (AvgIpc) is 2.18. The second-order valence-electron chi connectivity index (χ2n) is 3.24. The molecule has 0 aliphatic heterocycles. The van der Waals surface area contributed by atoms with Crippen LogP contribution in [0.25, 0.3) is 0 Å². The number of anilines is 1. The summed E-state index contributed by atoms with van der Waals surface area (Å²) < 4.78 is 1.11. The van der Waals surface area contributed by atoms with Gasteiger partial charge >= 0.3 is 6.03 Å². The topological polar surface area (TPSA) is 41.1 Å².